The second-order valence-corrected chi connectivity index (χ2v) is 9.26. The lowest BCUT2D eigenvalue weighted by atomic mass is 9.91. The zero-order valence-electron chi connectivity index (χ0n) is 19.8. The SMILES string of the molecule is CCNC(=O)Nc1ccc([C@@H]2O[C@H](CSc3ncccn3)[C@H](C)[C@H](c3ccc(CO)cc3)O2)cc1. The van der Waals surface area contributed by atoms with Gasteiger partial charge in [-0.05, 0) is 36.2 Å². The predicted molar refractivity (Wildman–Crippen MR) is 135 cm³/mol. The van der Waals surface area contributed by atoms with E-state index in [2.05, 4.69) is 27.5 Å². The number of hydrogen-bond acceptors (Lipinski definition) is 7. The molecule has 184 valence electrons. The fraction of sp³-hybridized carbons (Fsp3) is 0.346. The van der Waals surface area contributed by atoms with Crippen LogP contribution in [0.3, 0.4) is 0 Å². The molecule has 1 aliphatic heterocycles. The van der Waals surface area contributed by atoms with Crippen LogP contribution < -0.4 is 10.6 Å². The Hall–Kier alpha value is -2.98. The fourth-order valence-corrected chi connectivity index (χ4v) is 4.85. The van der Waals surface area contributed by atoms with Crippen molar-refractivity contribution in [2.75, 3.05) is 17.6 Å². The van der Waals surface area contributed by atoms with Crippen molar-refractivity contribution in [1.82, 2.24) is 15.3 Å². The molecule has 9 heteroatoms. The molecule has 2 amide bonds. The highest BCUT2D eigenvalue weighted by atomic mass is 32.2. The molecule has 0 saturated carbocycles. The molecule has 1 fully saturated rings. The Balaban J connectivity index is 1.54. The number of urea groups is 1. The van der Waals surface area contributed by atoms with Gasteiger partial charge in [-0.1, -0.05) is 55.1 Å². The van der Waals surface area contributed by atoms with Crippen molar-refractivity contribution in [3.8, 4) is 0 Å². The van der Waals surface area contributed by atoms with Crippen LogP contribution in [0.15, 0.2) is 72.1 Å². The number of anilines is 1. The highest BCUT2D eigenvalue weighted by molar-refractivity contribution is 7.99. The number of aliphatic hydroxyl groups is 1. The molecule has 2 aromatic carbocycles. The van der Waals surface area contributed by atoms with Crippen LogP contribution in [0, 0.1) is 5.92 Å². The summed E-state index contributed by atoms with van der Waals surface area (Å²) < 4.78 is 12.9. The van der Waals surface area contributed by atoms with Crippen molar-refractivity contribution in [1.29, 1.82) is 0 Å². The second-order valence-electron chi connectivity index (χ2n) is 8.27. The zero-order valence-corrected chi connectivity index (χ0v) is 20.6. The molecule has 4 rings (SSSR count). The average Bonchev–Trinajstić information content (AvgIpc) is 2.89. The van der Waals surface area contributed by atoms with Crippen LogP contribution in [0.25, 0.3) is 0 Å². The number of nitrogens with zero attached hydrogens (tertiary/aromatic N) is 2. The summed E-state index contributed by atoms with van der Waals surface area (Å²) in [5.41, 5.74) is 3.44. The van der Waals surface area contributed by atoms with E-state index in [-0.39, 0.29) is 30.8 Å². The summed E-state index contributed by atoms with van der Waals surface area (Å²) in [6.45, 7) is 4.55. The van der Waals surface area contributed by atoms with Gasteiger partial charge in [-0.25, -0.2) is 14.8 Å². The van der Waals surface area contributed by atoms with Crippen molar-refractivity contribution in [3.05, 3.63) is 83.7 Å². The Morgan fingerprint density at radius 3 is 2.37 bits per heavy atom. The molecular weight excluding hydrogens is 464 g/mol. The number of aliphatic hydroxyl groups excluding tert-OH is 1. The molecule has 3 N–H and O–H groups in total. The van der Waals surface area contributed by atoms with E-state index in [0.717, 1.165) is 16.7 Å². The Kier molecular flexibility index (Phi) is 8.70. The lowest BCUT2D eigenvalue weighted by Gasteiger charge is -2.41. The number of hydrogen-bond donors (Lipinski definition) is 3. The summed E-state index contributed by atoms with van der Waals surface area (Å²) in [6, 6.07) is 16.9. The first-order valence-corrected chi connectivity index (χ1v) is 12.6. The van der Waals surface area contributed by atoms with Crippen molar-refractivity contribution in [2.24, 2.45) is 5.92 Å². The first-order chi connectivity index (χ1) is 17.1. The molecule has 0 radical (unpaired) electrons. The summed E-state index contributed by atoms with van der Waals surface area (Å²) in [4.78, 5) is 20.4. The summed E-state index contributed by atoms with van der Waals surface area (Å²) in [5.74, 6) is 0.744. The molecule has 35 heavy (non-hydrogen) atoms. The molecule has 2 heterocycles. The third-order valence-corrected chi connectivity index (χ3v) is 6.78. The standard InChI is InChI=1S/C26H30N4O4S/c1-3-27-25(32)30-21-11-9-20(10-12-21)24-33-22(16-35-26-28-13-4-14-29-26)17(2)23(34-24)19-7-5-18(15-31)6-8-19/h4-14,17,22-24,31H,3,15-16H2,1-2H3,(H2,27,30,32)/t17-,22+,23+,24+/m0/s1. The molecule has 0 aliphatic carbocycles. The van der Waals surface area contributed by atoms with Crippen LogP contribution in [-0.4, -0.2) is 39.5 Å². The number of nitrogens with one attached hydrogen (secondary N) is 2. The van der Waals surface area contributed by atoms with E-state index < -0.39 is 6.29 Å². The maximum absolute atomic E-state index is 11.8. The average molecular weight is 495 g/mol. The van der Waals surface area contributed by atoms with Gasteiger partial charge in [0.2, 0.25) is 0 Å². The number of thioether (sulfide) groups is 1. The number of aromatic nitrogens is 2. The quantitative estimate of drug-likeness (QED) is 0.308. The number of benzene rings is 2. The summed E-state index contributed by atoms with van der Waals surface area (Å²) >= 11 is 1.55. The first kappa shape index (κ1) is 25.1. The smallest absolute Gasteiger partial charge is 0.319 e. The van der Waals surface area contributed by atoms with Gasteiger partial charge in [-0.2, -0.15) is 0 Å². The van der Waals surface area contributed by atoms with E-state index in [1.165, 1.54) is 0 Å². The molecule has 4 atom stereocenters. The normalized spacial score (nSPS) is 21.9. The molecule has 1 saturated heterocycles. The monoisotopic (exact) mass is 494 g/mol. The Labute approximate surface area is 209 Å². The number of carbonyl (C=O) groups is 1. The van der Waals surface area contributed by atoms with Gasteiger partial charge in [-0.15, -0.1) is 0 Å². The number of amides is 2. The van der Waals surface area contributed by atoms with Gasteiger partial charge >= 0.3 is 6.03 Å². The van der Waals surface area contributed by atoms with Crippen LogP contribution in [0.2, 0.25) is 0 Å². The molecule has 8 nitrogen and oxygen atoms in total. The van der Waals surface area contributed by atoms with Gasteiger partial charge in [0.05, 0.1) is 18.8 Å². The lowest BCUT2D eigenvalue weighted by molar-refractivity contribution is -0.268. The van der Waals surface area contributed by atoms with E-state index in [1.807, 2.05) is 55.5 Å². The first-order valence-electron chi connectivity index (χ1n) is 11.6. The number of carbonyl (C=O) groups excluding carboxylic acids is 1. The van der Waals surface area contributed by atoms with Crippen molar-refractivity contribution in [3.63, 3.8) is 0 Å². The Morgan fingerprint density at radius 1 is 1.03 bits per heavy atom. The lowest BCUT2D eigenvalue weighted by Crippen LogP contribution is -2.38. The van der Waals surface area contributed by atoms with E-state index in [0.29, 0.717) is 23.1 Å². The molecule has 3 aromatic rings. The summed E-state index contributed by atoms with van der Waals surface area (Å²) in [6.07, 6.45) is 2.58. The Bertz CT molecular complexity index is 1080. The minimum atomic E-state index is -0.575. The van der Waals surface area contributed by atoms with Crippen LogP contribution in [-0.2, 0) is 16.1 Å². The maximum atomic E-state index is 11.8. The van der Waals surface area contributed by atoms with Crippen molar-refractivity contribution < 1.29 is 19.4 Å². The van der Waals surface area contributed by atoms with Gasteiger partial charge in [0, 0.05) is 41.9 Å². The number of ether oxygens (including phenoxy) is 2. The number of rotatable bonds is 8. The van der Waals surface area contributed by atoms with Crippen molar-refractivity contribution in [2.45, 2.75) is 44.1 Å². The third kappa shape index (κ3) is 6.58. The highest BCUT2D eigenvalue weighted by Gasteiger charge is 2.38. The van der Waals surface area contributed by atoms with Crippen LogP contribution >= 0.6 is 11.8 Å². The van der Waals surface area contributed by atoms with Crippen LogP contribution in [0.5, 0.6) is 0 Å². The van der Waals surface area contributed by atoms with Gasteiger partial charge < -0.3 is 25.2 Å². The highest BCUT2D eigenvalue weighted by Crippen LogP contribution is 2.42. The van der Waals surface area contributed by atoms with E-state index in [4.69, 9.17) is 9.47 Å². The second kappa shape index (κ2) is 12.1. The van der Waals surface area contributed by atoms with Gasteiger partial charge in [0.1, 0.15) is 0 Å². The Morgan fingerprint density at radius 2 is 1.71 bits per heavy atom. The topological polar surface area (TPSA) is 106 Å². The minimum Gasteiger partial charge on any atom is -0.392 e. The van der Waals surface area contributed by atoms with E-state index in [1.54, 1.807) is 30.2 Å². The van der Waals surface area contributed by atoms with E-state index in [9.17, 15) is 9.90 Å². The van der Waals surface area contributed by atoms with Crippen LogP contribution in [0.1, 0.15) is 42.9 Å². The molecule has 1 aromatic heterocycles. The molecular formula is C26H30N4O4S. The summed E-state index contributed by atoms with van der Waals surface area (Å²) in [5, 5.41) is 15.6. The maximum Gasteiger partial charge on any atom is 0.319 e. The van der Waals surface area contributed by atoms with Crippen LogP contribution in [0.4, 0.5) is 10.5 Å². The molecule has 0 bridgehead atoms. The predicted octanol–water partition coefficient (Wildman–Crippen LogP) is 4.69. The van der Waals surface area contributed by atoms with E-state index >= 15 is 0 Å². The third-order valence-electron chi connectivity index (χ3n) is 5.82. The van der Waals surface area contributed by atoms with Gasteiger partial charge in [0.15, 0.2) is 11.4 Å². The molecule has 0 spiro atoms. The minimum absolute atomic E-state index is 0.0000965. The molecule has 0 unspecified atom stereocenters. The van der Waals surface area contributed by atoms with Crippen molar-refractivity contribution >= 4 is 23.5 Å². The molecule has 1 aliphatic rings. The van der Waals surface area contributed by atoms with Gasteiger partial charge in [0.25, 0.3) is 0 Å². The largest absolute Gasteiger partial charge is 0.392 e. The summed E-state index contributed by atoms with van der Waals surface area (Å²) in [7, 11) is 0. The fourth-order valence-electron chi connectivity index (χ4n) is 3.89. The zero-order chi connectivity index (χ0) is 24.6. The van der Waals surface area contributed by atoms with Gasteiger partial charge in [-0.3, -0.25) is 0 Å².